The molecule has 0 radical (unpaired) electrons. The third-order valence-corrected chi connectivity index (χ3v) is 6.50. The molecule has 1 amide bonds. The zero-order valence-corrected chi connectivity index (χ0v) is 17.4. The first-order chi connectivity index (χ1) is 15.2. The van der Waals surface area contributed by atoms with E-state index in [1.807, 2.05) is 24.4 Å². The molecular formula is C23H25N7O. The van der Waals surface area contributed by atoms with Crippen molar-refractivity contribution < 1.29 is 4.79 Å². The number of rotatable bonds is 4. The molecule has 8 nitrogen and oxygen atoms in total. The molecule has 158 valence electrons. The number of aromatic nitrogens is 5. The Balaban J connectivity index is 1.21. The summed E-state index contributed by atoms with van der Waals surface area (Å²) in [6.07, 6.45) is 8.68. The lowest BCUT2D eigenvalue weighted by Crippen LogP contribution is -2.32. The number of aryl methyl sites for hydroxylation is 1. The molecule has 0 spiro atoms. The summed E-state index contributed by atoms with van der Waals surface area (Å²) < 4.78 is 2.13. The Morgan fingerprint density at radius 1 is 1.06 bits per heavy atom. The van der Waals surface area contributed by atoms with E-state index in [4.69, 9.17) is 0 Å². The van der Waals surface area contributed by atoms with Gasteiger partial charge in [-0.3, -0.25) is 14.7 Å². The van der Waals surface area contributed by atoms with E-state index in [2.05, 4.69) is 34.9 Å². The maximum absolute atomic E-state index is 12.9. The summed E-state index contributed by atoms with van der Waals surface area (Å²) >= 11 is 0. The van der Waals surface area contributed by atoms with Crippen LogP contribution in [0.5, 0.6) is 0 Å². The van der Waals surface area contributed by atoms with E-state index >= 15 is 0 Å². The van der Waals surface area contributed by atoms with Gasteiger partial charge in [-0.15, -0.1) is 10.2 Å². The van der Waals surface area contributed by atoms with Crippen LogP contribution in [0.2, 0.25) is 0 Å². The Morgan fingerprint density at radius 3 is 2.90 bits per heavy atom. The quantitative estimate of drug-likeness (QED) is 0.705. The van der Waals surface area contributed by atoms with Gasteiger partial charge in [0, 0.05) is 38.3 Å². The normalized spacial score (nSPS) is 18.3. The highest BCUT2D eigenvalue weighted by molar-refractivity contribution is 6.02. The number of pyridine rings is 2. The molecule has 1 N–H and O–H groups in total. The minimum Gasteiger partial charge on any atom is -0.310 e. The van der Waals surface area contributed by atoms with Crippen molar-refractivity contribution in [1.29, 1.82) is 0 Å². The number of nitrogens with zero attached hydrogens (tertiary/aromatic N) is 6. The number of nitrogens with one attached hydrogen (secondary N) is 1. The first-order valence-corrected chi connectivity index (χ1v) is 11.2. The van der Waals surface area contributed by atoms with Crippen LogP contribution in [0.25, 0.3) is 11.5 Å². The van der Waals surface area contributed by atoms with Crippen molar-refractivity contribution in [3.63, 3.8) is 0 Å². The summed E-state index contributed by atoms with van der Waals surface area (Å²) in [5.41, 5.74) is 3.63. The Hall–Kier alpha value is -3.13. The molecule has 8 heteroatoms. The molecule has 0 saturated heterocycles. The SMILES string of the molecule is O=C(Nc1cccc(-c2nnc3n2CCCC3)n1)c1cc2c(cn1)CCN(C1CC1)C2. The van der Waals surface area contributed by atoms with Crippen molar-refractivity contribution in [2.75, 3.05) is 11.9 Å². The lowest BCUT2D eigenvalue weighted by atomic mass is 10.0. The monoisotopic (exact) mass is 415 g/mol. The molecule has 3 aromatic heterocycles. The summed E-state index contributed by atoms with van der Waals surface area (Å²) in [6.45, 7) is 2.91. The molecule has 5 heterocycles. The fourth-order valence-electron chi connectivity index (χ4n) is 4.64. The molecule has 3 aliphatic rings. The van der Waals surface area contributed by atoms with Crippen molar-refractivity contribution in [2.24, 2.45) is 0 Å². The molecule has 0 unspecified atom stereocenters. The van der Waals surface area contributed by atoms with Crippen LogP contribution in [0, 0.1) is 0 Å². The van der Waals surface area contributed by atoms with Gasteiger partial charge in [0.15, 0.2) is 5.82 Å². The minimum absolute atomic E-state index is 0.237. The summed E-state index contributed by atoms with van der Waals surface area (Å²) in [4.78, 5) is 24.5. The molecule has 0 aromatic carbocycles. The molecule has 1 fully saturated rings. The summed E-state index contributed by atoms with van der Waals surface area (Å²) in [7, 11) is 0. The van der Waals surface area contributed by atoms with Gasteiger partial charge in [-0.25, -0.2) is 4.98 Å². The van der Waals surface area contributed by atoms with Crippen molar-refractivity contribution in [1.82, 2.24) is 29.6 Å². The predicted molar refractivity (Wildman–Crippen MR) is 116 cm³/mol. The second-order valence-electron chi connectivity index (χ2n) is 8.70. The van der Waals surface area contributed by atoms with Crippen LogP contribution in [-0.2, 0) is 25.9 Å². The highest BCUT2D eigenvalue weighted by Gasteiger charge is 2.31. The number of anilines is 1. The van der Waals surface area contributed by atoms with Crippen molar-refractivity contribution in [2.45, 2.75) is 57.7 Å². The van der Waals surface area contributed by atoms with Gasteiger partial charge in [0.25, 0.3) is 5.91 Å². The Morgan fingerprint density at radius 2 is 2.00 bits per heavy atom. The summed E-state index contributed by atoms with van der Waals surface area (Å²) in [5.74, 6) is 2.03. The van der Waals surface area contributed by atoms with Gasteiger partial charge in [-0.05, 0) is 61.4 Å². The van der Waals surface area contributed by atoms with Crippen LogP contribution in [-0.4, -0.2) is 48.1 Å². The zero-order valence-electron chi connectivity index (χ0n) is 17.4. The zero-order chi connectivity index (χ0) is 20.8. The van der Waals surface area contributed by atoms with E-state index in [1.54, 1.807) is 6.07 Å². The van der Waals surface area contributed by atoms with Gasteiger partial charge >= 0.3 is 0 Å². The largest absolute Gasteiger partial charge is 0.310 e. The van der Waals surface area contributed by atoms with Gasteiger partial charge in [-0.1, -0.05) is 6.07 Å². The molecular weight excluding hydrogens is 390 g/mol. The number of hydrogen-bond acceptors (Lipinski definition) is 6. The smallest absolute Gasteiger partial charge is 0.275 e. The molecule has 0 bridgehead atoms. The minimum atomic E-state index is -0.237. The number of carbonyl (C=O) groups excluding carboxylic acids is 1. The Kier molecular flexibility index (Phi) is 4.52. The Bertz CT molecular complexity index is 1150. The highest BCUT2D eigenvalue weighted by Crippen LogP contribution is 2.31. The predicted octanol–water partition coefficient (Wildman–Crippen LogP) is 2.84. The van der Waals surface area contributed by atoms with Crippen LogP contribution < -0.4 is 5.32 Å². The second kappa shape index (κ2) is 7.53. The van der Waals surface area contributed by atoms with Crippen molar-refractivity contribution in [3.05, 3.63) is 53.1 Å². The first kappa shape index (κ1) is 18.6. The number of carbonyl (C=O) groups is 1. The third kappa shape index (κ3) is 3.61. The van der Waals surface area contributed by atoms with Crippen molar-refractivity contribution >= 4 is 11.7 Å². The average Bonchev–Trinajstić information content (AvgIpc) is 3.57. The summed E-state index contributed by atoms with van der Waals surface area (Å²) in [6, 6.07) is 8.26. The molecule has 2 aliphatic heterocycles. The van der Waals surface area contributed by atoms with Crippen LogP contribution in [0.1, 0.15) is 53.1 Å². The van der Waals surface area contributed by atoms with Crippen LogP contribution in [0.15, 0.2) is 30.5 Å². The molecule has 1 aliphatic carbocycles. The third-order valence-electron chi connectivity index (χ3n) is 6.50. The second-order valence-corrected chi connectivity index (χ2v) is 8.70. The molecule has 6 rings (SSSR count). The first-order valence-electron chi connectivity index (χ1n) is 11.2. The maximum atomic E-state index is 12.9. The fourth-order valence-corrected chi connectivity index (χ4v) is 4.64. The fraction of sp³-hybridized carbons (Fsp3) is 0.435. The topological polar surface area (TPSA) is 88.8 Å². The van der Waals surface area contributed by atoms with Gasteiger partial charge < -0.3 is 9.88 Å². The van der Waals surface area contributed by atoms with Gasteiger partial charge in [0.2, 0.25) is 0 Å². The maximum Gasteiger partial charge on any atom is 0.275 e. The van der Waals surface area contributed by atoms with Crippen LogP contribution >= 0.6 is 0 Å². The van der Waals surface area contributed by atoms with Gasteiger partial charge in [0.05, 0.1) is 0 Å². The molecule has 0 atom stereocenters. The van der Waals surface area contributed by atoms with Gasteiger partial charge in [0.1, 0.15) is 23.0 Å². The molecule has 31 heavy (non-hydrogen) atoms. The lowest BCUT2D eigenvalue weighted by Gasteiger charge is -2.28. The number of hydrogen-bond donors (Lipinski definition) is 1. The van der Waals surface area contributed by atoms with E-state index < -0.39 is 0 Å². The van der Waals surface area contributed by atoms with E-state index in [-0.39, 0.29) is 5.91 Å². The van der Waals surface area contributed by atoms with E-state index in [9.17, 15) is 4.79 Å². The highest BCUT2D eigenvalue weighted by atomic mass is 16.1. The van der Waals surface area contributed by atoms with E-state index in [0.717, 1.165) is 68.7 Å². The van der Waals surface area contributed by atoms with E-state index in [0.29, 0.717) is 11.5 Å². The molecule has 3 aromatic rings. The number of amides is 1. The van der Waals surface area contributed by atoms with Crippen molar-refractivity contribution in [3.8, 4) is 11.5 Å². The Labute approximate surface area is 180 Å². The average molecular weight is 416 g/mol. The summed E-state index contributed by atoms with van der Waals surface area (Å²) in [5, 5.41) is 11.6. The molecule has 1 saturated carbocycles. The lowest BCUT2D eigenvalue weighted by molar-refractivity contribution is 0.102. The van der Waals surface area contributed by atoms with E-state index in [1.165, 1.54) is 24.0 Å². The van der Waals surface area contributed by atoms with Crippen LogP contribution in [0.4, 0.5) is 5.82 Å². The van der Waals surface area contributed by atoms with Crippen LogP contribution in [0.3, 0.4) is 0 Å². The standard InChI is InChI=1S/C23H25N7O/c31-23(19-12-16-14-29(17-7-8-17)11-9-15(16)13-24-19)26-20-5-3-4-18(25-20)22-28-27-21-6-1-2-10-30(21)22/h3-5,12-13,17H,1-2,6-11,14H2,(H,25,26,31). The van der Waals surface area contributed by atoms with Gasteiger partial charge in [-0.2, -0.15) is 0 Å². The number of fused-ring (bicyclic) bond motifs is 2.